The molecule has 1 atom stereocenters. The van der Waals surface area contributed by atoms with Gasteiger partial charge in [0.15, 0.2) is 0 Å². The molecule has 0 aliphatic rings. The van der Waals surface area contributed by atoms with E-state index in [2.05, 4.69) is 27.9 Å². The number of likely N-dealkylation sites (N-methyl/N-ethyl adjacent to an activating group) is 1. The number of ether oxygens (including phenoxy) is 1. The Balaban J connectivity index is 2.34. The van der Waals surface area contributed by atoms with Crippen molar-refractivity contribution in [3.05, 3.63) is 57.7 Å². The molecule has 0 radical (unpaired) electrons. The third-order valence-corrected chi connectivity index (χ3v) is 6.58. The van der Waals surface area contributed by atoms with Crippen molar-refractivity contribution in [3.8, 4) is 5.75 Å². The van der Waals surface area contributed by atoms with Crippen LogP contribution in [-0.2, 0) is 26.2 Å². The molecule has 0 aliphatic carbocycles. The zero-order valence-corrected chi connectivity index (χ0v) is 20.8. The highest BCUT2D eigenvalue weighted by Crippen LogP contribution is 2.21. The minimum Gasteiger partial charge on any atom is -0.497 e. The number of halogens is 1. The van der Waals surface area contributed by atoms with Crippen LogP contribution in [0.5, 0.6) is 5.75 Å². The lowest BCUT2D eigenvalue weighted by molar-refractivity contribution is -0.139. The number of amides is 2. The van der Waals surface area contributed by atoms with Crippen molar-refractivity contribution in [2.24, 2.45) is 0 Å². The highest BCUT2D eigenvalue weighted by atomic mass is 127. The molecule has 0 saturated heterocycles. The van der Waals surface area contributed by atoms with Gasteiger partial charge >= 0.3 is 0 Å². The van der Waals surface area contributed by atoms with Gasteiger partial charge in [0.25, 0.3) is 0 Å². The minimum absolute atomic E-state index is 0.141. The Kier molecular flexibility index (Phi) is 8.69. The van der Waals surface area contributed by atoms with Crippen molar-refractivity contribution >= 4 is 50.1 Å². The topological polar surface area (TPSA) is 96.0 Å². The summed E-state index contributed by atoms with van der Waals surface area (Å²) in [6.07, 6.45) is 1.05. The molecule has 31 heavy (non-hydrogen) atoms. The second kappa shape index (κ2) is 10.8. The fraction of sp³-hybridized carbons (Fsp3) is 0.333. The highest BCUT2D eigenvalue weighted by molar-refractivity contribution is 14.1. The van der Waals surface area contributed by atoms with Gasteiger partial charge in [-0.1, -0.05) is 12.1 Å². The monoisotopic (exact) mass is 559 g/mol. The Morgan fingerprint density at radius 3 is 2.16 bits per heavy atom. The van der Waals surface area contributed by atoms with E-state index in [4.69, 9.17) is 4.74 Å². The van der Waals surface area contributed by atoms with Crippen LogP contribution in [0.3, 0.4) is 0 Å². The van der Waals surface area contributed by atoms with Gasteiger partial charge in [-0.2, -0.15) is 0 Å². The van der Waals surface area contributed by atoms with Crippen LogP contribution in [0, 0.1) is 3.57 Å². The first-order chi connectivity index (χ1) is 14.6. The average Bonchev–Trinajstić information content (AvgIpc) is 2.75. The smallest absolute Gasteiger partial charge is 0.244 e. The number of hydrogen-bond acceptors (Lipinski definition) is 5. The normalized spacial score (nSPS) is 12.0. The Morgan fingerprint density at radius 1 is 1.10 bits per heavy atom. The Morgan fingerprint density at radius 2 is 1.68 bits per heavy atom. The molecule has 1 unspecified atom stereocenters. The fourth-order valence-corrected chi connectivity index (χ4v) is 4.15. The third-order valence-electron chi connectivity index (χ3n) is 4.72. The van der Waals surface area contributed by atoms with Crippen molar-refractivity contribution < 1.29 is 22.7 Å². The van der Waals surface area contributed by atoms with E-state index in [0.717, 1.165) is 19.7 Å². The maximum atomic E-state index is 13.2. The molecule has 2 rings (SSSR count). The van der Waals surface area contributed by atoms with Gasteiger partial charge in [0.05, 0.1) is 19.1 Å². The van der Waals surface area contributed by atoms with E-state index < -0.39 is 28.5 Å². The summed E-state index contributed by atoms with van der Waals surface area (Å²) in [6.45, 7) is 1.33. The van der Waals surface area contributed by atoms with Crippen molar-refractivity contribution in [1.29, 1.82) is 0 Å². The second-order valence-corrected chi connectivity index (χ2v) is 10.1. The van der Waals surface area contributed by atoms with Gasteiger partial charge in [-0.25, -0.2) is 8.42 Å². The molecule has 0 fully saturated rings. The summed E-state index contributed by atoms with van der Waals surface area (Å²) in [5.74, 6) is -0.166. The van der Waals surface area contributed by atoms with Crippen LogP contribution in [0.4, 0.5) is 5.69 Å². The van der Waals surface area contributed by atoms with Crippen molar-refractivity contribution in [2.75, 3.05) is 31.3 Å². The van der Waals surface area contributed by atoms with Crippen molar-refractivity contribution in [3.63, 3.8) is 0 Å². The highest BCUT2D eigenvalue weighted by Gasteiger charge is 2.29. The lowest BCUT2D eigenvalue weighted by atomic mass is 10.1. The molecule has 168 valence electrons. The Bertz CT molecular complexity index is 1010. The molecule has 0 heterocycles. The quantitative estimate of drug-likeness (QED) is 0.476. The summed E-state index contributed by atoms with van der Waals surface area (Å²) < 4.78 is 32.0. The van der Waals surface area contributed by atoms with Crippen LogP contribution in [-0.4, -0.2) is 58.1 Å². The van der Waals surface area contributed by atoms with Crippen LogP contribution in [0.1, 0.15) is 12.5 Å². The summed E-state index contributed by atoms with van der Waals surface area (Å²) in [4.78, 5) is 26.9. The fourth-order valence-electron chi connectivity index (χ4n) is 2.94. The van der Waals surface area contributed by atoms with E-state index in [1.807, 2.05) is 0 Å². The molecular formula is C21H26IN3O5S. The van der Waals surface area contributed by atoms with Crippen LogP contribution < -0.4 is 14.4 Å². The SMILES string of the molecule is CNC(=O)C(C)N(Cc1ccc(OC)cc1)C(=O)CN(c1ccc(I)cc1)S(C)(=O)=O. The van der Waals surface area contributed by atoms with Gasteiger partial charge in [0.2, 0.25) is 21.8 Å². The first-order valence-electron chi connectivity index (χ1n) is 9.44. The zero-order valence-electron chi connectivity index (χ0n) is 17.8. The molecule has 2 amide bonds. The zero-order chi connectivity index (χ0) is 23.2. The molecule has 0 saturated carbocycles. The predicted molar refractivity (Wildman–Crippen MR) is 128 cm³/mol. The molecule has 0 aromatic heterocycles. The number of rotatable bonds is 9. The maximum absolute atomic E-state index is 13.2. The van der Waals surface area contributed by atoms with E-state index >= 15 is 0 Å². The predicted octanol–water partition coefficient (Wildman–Crippen LogP) is 2.23. The van der Waals surface area contributed by atoms with Crippen LogP contribution in [0.2, 0.25) is 0 Å². The summed E-state index contributed by atoms with van der Waals surface area (Å²) >= 11 is 2.12. The minimum atomic E-state index is -3.73. The Labute approximate surface area is 196 Å². The number of sulfonamides is 1. The number of methoxy groups -OCH3 is 1. The van der Waals surface area contributed by atoms with Crippen LogP contribution >= 0.6 is 22.6 Å². The number of anilines is 1. The summed E-state index contributed by atoms with van der Waals surface area (Å²) in [5.41, 5.74) is 1.17. The number of nitrogens with zero attached hydrogens (tertiary/aromatic N) is 2. The van der Waals surface area contributed by atoms with Crippen molar-refractivity contribution in [1.82, 2.24) is 10.2 Å². The lowest BCUT2D eigenvalue weighted by Crippen LogP contribution is -2.50. The molecule has 1 N–H and O–H groups in total. The van der Waals surface area contributed by atoms with Gasteiger partial charge < -0.3 is 15.0 Å². The van der Waals surface area contributed by atoms with Gasteiger partial charge in [0, 0.05) is 17.2 Å². The maximum Gasteiger partial charge on any atom is 0.244 e. The average molecular weight is 559 g/mol. The summed E-state index contributed by atoms with van der Waals surface area (Å²) in [6, 6.07) is 13.1. The first-order valence-corrected chi connectivity index (χ1v) is 12.4. The van der Waals surface area contributed by atoms with Crippen molar-refractivity contribution in [2.45, 2.75) is 19.5 Å². The second-order valence-electron chi connectivity index (χ2n) is 6.91. The standard InChI is InChI=1S/C21H26IN3O5S/c1-15(21(27)23-2)24(13-16-5-11-19(30-3)12-6-16)20(26)14-25(31(4,28)29)18-9-7-17(22)8-10-18/h5-12,15H,13-14H2,1-4H3,(H,23,27). The number of hydrogen-bond donors (Lipinski definition) is 1. The molecule has 8 nitrogen and oxygen atoms in total. The summed E-state index contributed by atoms with van der Waals surface area (Å²) in [5, 5.41) is 2.54. The molecule has 0 aliphatic heterocycles. The number of benzene rings is 2. The number of carbonyl (C=O) groups is 2. The Hall–Kier alpha value is -2.34. The number of nitrogens with one attached hydrogen (secondary N) is 1. The number of carbonyl (C=O) groups excluding carboxylic acids is 2. The molecular weight excluding hydrogens is 533 g/mol. The van der Waals surface area contributed by atoms with E-state index in [-0.39, 0.29) is 12.5 Å². The van der Waals surface area contributed by atoms with Crippen LogP contribution in [0.25, 0.3) is 0 Å². The molecule has 2 aromatic carbocycles. The lowest BCUT2D eigenvalue weighted by Gasteiger charge is -2.31. The molecule has 2 aromatic rings. The van der Waals surface area contributed by atoms with E-state index in [0.29, 0.717) is 11.4 Å². The van der Waals surface area contributed by atoms with E-state index in [1.165, 1.54) is 11.9 Å². The molecule has 0 spiro atoms. The van der Waals surface area contributed by atoms with E-state index in [1.54, 1.807) is 62.6 Å². The first kappa shape index (κ1) is 24.9. The van der Waals surface area contributed by atoms with Gasteiger partial charge in [0.1, 0.15) is 18.3 Å². The molecule has 0 bridgehead atoms. The molecule has 10 heteroatoms. The van der Waals surface area contributed by atoms with Gasteiger partial charge in [-0.05, 0) is 71.5 Å². The van der Waals surface area contributed by atoms with Gasteiger partial charge in [-0.15, -0.1) is 0 Å². The van der Waals surface area contributed by atoms with E-state index in [9.17, 15) is 18.0 Å². The van der Waals surface area contributed by atoms with Gasteiger partial charge in [-0.3, -0.25) is 13.9 Å². The third kappa shape index (κ3) is 6.82. The largest absolute Gasteiger partial charge is 0.497 e. The van der Waals surface area contributed by atoms with Crippen LogP contribution in [0.15, 0.2) is 48.5 Å². The summed E-state index contributed by atoms with van der Waals surface area (Å²) in [7, 11) is -0.679.